The lowest BCUT2D eigenvalue weighted by molar-refractivity contribution is 1.29. The molecular formula is C44H29N. The highest BCUT2D eigenvalue weighted by molar-refractivity contribution is 6.18. The zero-order valence-electron chi connectivity index (χ0n) is 24.7. The third kappa shape index (κ3) is 4.24. The molecule has 0 unspecified atom stereocenters. The Hall–Kier alpha value is -5.92. The normalized spacial score (nSPS) is 11.6. The molecule has 0 saturated carbocycles. The largest absolute Gasteiger partial charge is 0.310 e. The van der Waals surface area contributed by atoms with Crippen LogP contribution in [0.2, 0.25) is 0 Å². The number of rotatable bonds is 4. The number of anilines is 3. The van der Waals surface area contributed by atoms with Crippen molar-refractivity contribution in [2.45, 2.75) is 0 Å². The van der Waals surface area contributed by atoms with Crippen molar-refractivity contribution in [2.24, 2.45) is 0 Å². The van der Waals surface area contributed by atoms with Crippen LogP contribution in [0.25, 0.3) is 65.0 Å². The standard InChI is InChI=1S/C44H29N/c1-2-12-34(13-3-1)45(36-25-20-32-22-26-41-37-14-6-4-10-30(37)21-27-42(41)44(32)29-36)35-23-18-31(19-24-35)43-28-33-11-5-7-15-38(33)39-16-8-9-17-40(39)43/h1-29H. The second-order valence-corrected chi connectivity index (χ2v) is 11.8. The summed E-state index contributed by atoms with van der Waals surface area (Å²) >= 11 is 0. The van der Waals surface area contributed by atoms with Crippen molar-refractivity contribution in [3.8, 4) is 11.1 Å². The predicted octanol–water partition coefficient (Wildman–Crippen LogP) is 12.6. The Morgan fingerprint density at radius 3 is 1.51 bits per heavy atom. The molecule has 0 radical (unpaired) electrons. The van der Waals surface area contributed by atoms with Crippen LogP contribution in [-0.2, 0) is 0 Å². The van der Waals surface area contributed by atoms with E-state index in [1.165, 1.54) is 65.0 Å². The lowest BCUT2D eigenvalue weighted by Crippen LogP contribution is -2.09. The average molecular weight is 572 g/mol. The molecule has 0 aromatic heterocycles. The number of hydrogen-bond donors (Lipinski definition) is 0. The number of benzene rings is 9. The third-order valence-electron chi connectivity index (χ3n) is 9.20. The molecule has 0 saturated heterocycles. The predicted molar refractivity (Wildman–Crippen MR) is 194 cm³/mol. The molecule has 0 N–H and O–H groups in total. The molecule has 1 heteroatoms. The van der Waals surface area contributed by atoms with Crippen molar-refractivity contribution in [3.63, 3.8) is 0 Å². The number of hydrogen-bond acceptors (Lipinski definition) is 1. The van der Waals surface area contributed by atoms with Crippen LogP contribution in [0.3, 0.4) is 0 Å². The molecule has 0 aliphatic rings. The van der Waals surface area contributed by atoms with Gasteiger partial charge in [0, 0.05) is 17.1 Å². The quantitative estimate of drug-likeness (QED) is 0.190. The van der Waals surface area contributed by atoms with E-state index in [4.69, 9.17) is 0 Å². The first kappa shape index (κ1) is 25.6. The van der Waals surface area contributed by atoms with Crippen molar-refractivity contribution >= 4 is 70.9 Å². The number of fused-ring (bicyclic) bond motifs is 8. The van der Waals surface area contributed by atoms with Crippen LogP contribution in [-0.4, -0.2) is 0 Å². The molecule has 0 fully saturated rings. The summed E-state index contributed by atoms with van der Waals surface area (Å²) in [7, 11) is 0. The average Bonchev–Trinajstić information content (AvgIpc) is 3.12. The molecule has 0 spiro atoms. The van der Waals surface area contributed by atoms with Crippen LogP contribution < -0.4 is 4.90 Å². The molecular weight excluding hydrogens is 542 g/mol. The molecule has 0 heterocycles. The van der Waals surface area contributed by atoms with Gasteiger partial charge in [-0.25, -0.2) is 0 Å². The van der Waals surface area contributed by atoms with E-state index >= 15 is 0 Å². The second-order valence-electron chi connectivity index (χ2n) is 11.8. The highest BCUT2D eigenvalue weighted by Crippen LogP contribution is 2.40. The molecule has 0 atom stereocenters. The fourth-order valence-corrected chi connectivity index (χ4v) is 7.05. The third-order valence-corrected chi connectivity index (χ3v) is 9.20. The van der Waals surface area contributed by atoms with Gasteiger partial charge in [-0.2, -0.15) is 0 Å². The van der Waals surface area contributed by atoms with Gasteiger partial charge in [0.1, 0.15) is 0 Å². The zero-order chi connectivity index (χ0) is 29.7. The Morgan fingerprint density at radius 2 is 0.756 bits per heavy atom. The van der Waals surface area contributed by atoms with Crippen LogP contribution in [0.1, 0.15) is 0 Å². The summed E-state index contributed by atoms with van der Waals surface area (Å²) in [5, 5.41) is 12.7. The molecule has 45 heavy (non-hydrogen) atoms. The maximum atomic E-state index is 2.36. The van der Waals surface area contributed by atoms with Crippen LogP contribution in [0.5, 0.6) is 0 Å². The van der Waals surface area contributed by atoms with Gasteiger partial charge in [0.05, 0.1) is 0 Å². The fourth-order valence-electron chi connectivity index (χ4n) is 7.05. The van der Waals surface area contributed by atoms with Crippen molar-refractivity contribution in [2.75, 3.05) is 4.90 Å². The van der Waals surface area contributed by atoms with E-state index in [1.54, 1.807) is 0 Å². The summed E-state index contributed by atoms with van der Waals surface area (Å²) in [6, 6.07) is 64.0. The van der Waals surface area contributed by atoms with Gasteiger partial charge < -0.3 is 4.90 Å². The first-order chi connectivity index (χ1) is 22.3. The molecule has 210 valence electrons. The Morgan fingerprint density at radius 1 is 0.267 bits per heavy atom. The van der Waals surface area contributed by atoms with Gasteiger partial charge >= 0.3 is 0 Å². The molecule has 0 aliphatic carbocycles. The van der Waals surface area contributed by atoms with Crippen LogP contribution >= 0.6 is 0 Å². The summed E-state index contributed by atoms with van der Waals surface area (Å²) in [6.07, 6.45) is 0. The summed E-state index contributed by atoms with van der Waals surface area (Å²) in [4.78, 5) is 2.36. The van der Waals surface area contributed by atoms with E-state index < -0.39 is 0 Å². The van der Waals surface area contributed by atoms with E-state index in [1.807, 2.05) is 0 Å². The molecule has 9 rings (SSSR count). The SMILES string of the molecule is c1ccc(N(c2ccc(-c3cc4ccccc4c4ccccc34)cc2)c2ccc3ccc4c5ccccc5ccc4c3c2)cc1. The Kier molecular flexibility index (Phi) is 5.89. The highest BCUT2D eigenvalue weighted by atomic mass is 15.1. The summed E-state index contributed by atoms with van der Waals surface area (Å²) < 4.78 is 0. The van der Waals surface area contributed by atoms with Crippen molar-refractivity contribution < 1.29 is 0 Å². The van der Waals surface area contributed by atoms with Gasteiger partial charge in [-0.05, 0) is 107 Å². The van der Waals surface area contributed by atoms with Gasteiger partial charge in [-0.3, -0.25) is 0 Å². The topological polar surface area (TPSA) is 3.24 Å². The molecule has 0 aliphatic heterocycles. The minimum Gasteiger partial charge on any atom is -0.310 e. The van der Waals surface area contributed by atoms with Crippen LogP contribution in [0.4, 0.5) is 17.1 Å². The zero-order valence-corrected chi connectivity index (χ0v) is 24.7. The lowest BCUT2D eigenvalue weighted by Gasteiger charge is -2.26. The van der Waals surface area contributed by atoms with Crippen LogP contribution in [0.15, 0.2) is 176 Å². The smallest absolute Gasteiger partial charge is 0.0468 e. The lowest BCUT2D eigenvalue weighted by atomic mass is 9.93. The highest BCUT2D eigenvalue weighted by Gasteiger charge is 2.15. The minimum atomic E-state index is 1.13. The minimum absolute atomic E-state index is 1.13. The molecule has 9 aromatic rings. The first-order valence-corrected chi connectivity index (χ1v) is 15.5. The Bertz CT molecular complexity index is 2530. The van der Waals surface area contributed by atoms with Gasteiger partial charge in [-0.1, -0.05) is 133 Å². The first-order valence-electron chi connectivity index (χ1n) is 15.5. The van der Waals surface area contributed by atoms with E-state index in [9.17, 15) is 0 Å². The maximum Gasteiger partial charge on any atom is 0.0468 e. The summed E-state index contributed by atoms with van der Waals surface area (Å²) in [5.74, 6) is 0. The molecule has 0 bridgehead atoms. The van der Waals surface area contributed by atoms with Gasteiger partial charge in [0.2, 0.25) is 0 Å². The van der Waals surface area contributed by atoms with Crippen molar-refractivity contribution in [1.82, 2.24) is 0 Å². The van der Waals surface area contributed by atoms with E-state index in [0.717, 1.165) is 17.1 Å². The van der Waals surface area contributed by atoms with E-state index in [2.05, 4.69) is 181 Å². The van der Waals surface area contributed by atoms with Gasteiger partial charge in [0.15, 0.2) is 0 Å². The van der Waals surface area contributed by atoms with Gasteiger partial charge in [0.25, 0.3) is 0 Å². The molecule has 9 aromatic carbocycles. The number of nitrogens with zero attached hydrogens (tertiary/aromatic N) is 1. The fraction of sp³-hybridized carbons (Fsp3) is 0. The van der Waals surface area contributed by atoms with Gasteiger partial charge in [-0.15, -0.1) is 0 Å². The van der Waals surface area contributed by atoms with E-state index in [-0.39, 0.29) is 0 Å². The second kappa shape index (κ2) is 10.4. The summed E-state index contributed by atoms with van der Waals surface area (Å²) in [6.45, 7) is 0. The Balaban J connectivity index is 1.20. The maximum absolute atomic E-state index is 2.36. The van der Waals surface area contributed by atoms with E-state index in [0.29, 0.717) is 0 Å². The Labute approximate surface area is 262 Å². The van der Waals surface area contributed by atoms with Crippen LogP contribution in [0, 0.1) is 0 Å². The molecule has 1 nitrogen and oxygen atoms in total. The van der Waals surface area contributed by atoms with Crippen molar-refractivity contribution in [1.29, 1.82) is 0 Å². The summed E-state index contributed by atoms with van der Waals surface area (Å²) in [5.41, 5.74) is 5.86. The number of para-hydroxylation sites is 1. The monoisotopic (exact) mass is 571 g/mol. The van der Waals surface area contributed by atoms with Crippen molar-refractivity contribution in [3.05, 3.63) is 176 Å². The molecule has 0 amide bonds.